The summed E-state index contributed by atoms with van der Waals surface area (Å²) < 4.78 is 5.20. The van der Waals surface area contributed by atoms with Gasteiger partial charge in [-0.3, -0.25) is 4.79 Å². The molecular formula is C16H15N3O2S. The molecule has 3 rings (SSSR count). The number of amides is 1. The Kier molecular flexibility index (Phi) is 4.02. The fourth-order valence-electron chi connectivity index (χ4n) is 2.25. The maximum absolute atomic E-state index is 12.3. The highest BCUT2D eigenvalue weighted by Crippen LogP contribution is 2.28. The van der Waals surface area contributed by atoms with Gasteiger partial charge in [-0.1, -0.05) is 30.3 Å². The van der Waals surface area contributed by atoms with Crippen LogP contribution in [0.4, 0.5) is 0 Å². The zero-order valence-corrected chi connectivity index (χ0v) is 13.1. The van der Waals surface area contributed by atoms with Crippen LogP contribution in [-0.2, 0) is 0 Å². The zero-order valence-electron chi connectivity index (χ0n) is 12.2. The minimum atomic E-state index is -0.373. The van der Waals surface area contributed by atoms with E-state index in [1.165, 1.54) is 0 Å². The van der Waals surface area contributed by atoms with Gasteiger partial charge in [0.25, 0.3) is 0 Å². The molecule has 0 bridgehead atoms. The molecule has 22 heavy (non-hydrogen) atoms. The summed E-state index contributed by atoms with van der Waals surface area (Å²) in [5.41, 5.74) is 2.16. The van der Waals surface area contributed by atoms with E-state index < -0.39 is 0 Å². The van der Waals surface area contributed by atoms with Gasteiger partial charge in [0.1, 0.15) is 0 Å². The van der Waals surface area contributed by atoms with Crippen molar-refractivity contribution in [1.82, 2.24) is 15.5 Å². The van der Waals surface area contributed by atoms with E-state index in [4.69, 9.17) is 4.42 Å². The molecular weight excluding hydrogens is 298 g/mol. The average Bonchev–Trinajstić information content (AvgIpc) is 3.17. The third kappa shape index (κ3) is 2.92. The summed E-state index contributed by atoms with van der Waals surface area (Å²) in [6, 6.07) is 11.7. The number of hydrogen-bond donors (Lipinski definition) is 1. The van der Waals surface area contributed by atoms with E-state index in [1.54, 1.807) is 18.3 Å². The number of aryl methyl sites for hydroxylation is 2. The molecule has 1 atom stereocenters. The molecule has 1 amide bonds. The van der Waals surface area contributed by atoms with Crippen LogP contribution in [0.2, 0.25) is 0 Å². The Bertz CT molecular complexity index is 780. The van der Waals surface area contributed by atoms with Gasteiger partial charge in [-0.15, -0.1) is 21.5 Å². The SMILES string of the molecule is Cc1nnc(C(=O)N[C@@H](c2cccs2)c2ccccc2C)o1. The minimum absolute atomic E-state index is 0.0207. The molecule has 6 heteroatoms. The number of aromatic nitrogens is 2. The van der Waals surface area contributed by atoms with E-state index >= 15 is 0 Å². The van der Waals surface area contributed by atoms with E-state index in [9.17, 15) is 4.79 Å². The third-order valence-corrected chi connectivity index (χ3v) is 4.26. The fraction of sp³-hybridized carbons (Fsp3) is 0.188. The lowest BCUT2D eigenvalue weighted by Gasteiger charge is -2.19. The van der Waals surface area contributed by atoms with Crippen LogP contribution in [-0.4, -0.2) is 16.1 Å². The third-order valence-electron chi connectivity index (χ3n) is 3.32. The number of nitrogens with one attached hydrogen (secondary N) is 1. The standard InChI is InChI=1S/C16H15N3O2S/c1-10-6-3-4-7-12(10)14(13-8-5-9-22-13)17-15(20)16-19-18-11(2)21-16/h3-9,14H,1-2H3,(H,17,20)/t14-/m1/s1. The molecule has 0 saturated carbocycles. The van der Waals surface area contributed by atoms with Crippen molar-refractivity contribution in [1.29, 1.82) is 0 Å². The van der Waals surface area contributed by atoms with Crippen LogP contribution in [0.25, 0.3) is 0 Å². The van der Waals surface area contributed by atoms with E-state index in [2.05, 4.69) is 15.5 Å². The first kappa shape index (κ1) is 14.5. The lowest BCUT2D eigenvalue weighted by Crippen LogP contribution is -2.29. The van der Waals surface area contributed by atoms with Crippen LogP contribution in [0, 0.1) is 13.8 Å². The first-order valence-electron chi connectivity index (χ1n) is 6.85. The molecule has 2 aromatic heterocycles. The predicted octanol–water partition coefficient (Wildman–Crippen LogP) is 3.27. The van der Waals surface area contributed by atoms with E-state index in [0.29, 0.717) is 5.89 Å². The molecule has 0 aliphatic heterocycles. The molecule has 0 aliphatic carbocycles. The fourth-order valence-corrected chi connectivity index (χ4v) is 3.04. The Morgan fingerprint density at radius 1 is 1.18 bits per heavy atom. The zero-order chi connectivity index (χ0) is 15.5. The maximum Gasteiger partial charge on any atom is 0.309 e. The molecule has 0 fully saturated rings. The summed E-state index contributed by atoms with van der Waals surface area (Å²) in [4.78, 5) is 13.4. The Morgan fingerprint density at radius 2 is 2.00 bits per heavy atom. The molecule has 0 aliphatic rings. The van der Waals surface area contributed by atoms with E-state index in [-0.39, 0.29) is 17.8 Å². The average molecular weight is 313 g/mol. The molecule has 0 radical (unpaired) electrons. The Hall–Kier alpha value is -2.47. The molecule has 0 spiro atoms. The Morgan fingerprint density at radius 3 is 2.64 bits per heavy atom. The summed E-state index contributed by atoms with van der Waals surface area (Å²) in [6.07, 6.45) is 0. The van der Waals surface area contributed by atoms with Crippen LogP contribution >= 0.6 is 11.3 Å². The summed E-state index contributed by atoms with van der Waals surface area (Å²) >= 11 is 1.60. The van der Waals surface area contributed by atoms with Gasteiger partial charge in [0.15, 0.2) is 0 Å². The number of thiophene rings is 1. The number of carbonyl (C=O) groups is 1. The Balaban J connectivity index is 1.93. The molecule has 2 heterocycles. The van der Waals surface area contributed by atoms with Crippen molar-refractivity contribution in [2.75, 3.05) is 0 Å². The first-order valence-corrected chi connectivity index (χ1v) is 7.73. The second-order valence-electron chi connectivity index (χ2n) is 4.90. The van der Waals surface area contributed by atoms with Gasteiger partial charge in [0, 0.05) is 11.8 Å². The van der Waals surface area contributed by atoms with Crippen molar-refractivity contribution < 1.29 is 9.21 Å². The second-order valence-corrected chi connectivity index (χ2v) is 5.88. The lowest BCUT2D eigenvalue weighted by atomic mass is 10.00. The quantitative estimate of drug-likeness (QED) is 0.802. The topological polar surface area (TPSA) is 68.0 Å². The highest BCUT2D eigenvalue weighted by molar-refractivity contribution is 7.10. The molecule has 0 unspecified atom stereocenters. The second kappa shape index (κ2) is 6.11. The van der Waals surface area contributed by atoms with E-state index in [1.807, 2.05) is 48.7 Å². The van der Waals surface area contributed by atoms with Crippen LogP contribution in [0.3, 0.4) is 0 Å². The van der Waals surface area contributed by atoms with Crippen LogP contribution < -0.4 is 5.32 Å². The van der Waals surface area contributed by atoms with Gasteiger partial charge in [0.2, 0.25) is 5.89 Å². The van der Waals surface area contributed by atoms with Gasteiger partial charge >= 0.3 is 11.8 Å². The largest absolute Gasteiger partial charge is 0.417 e. The van der Waals surface area contributed by atoms with Gasteiger partial charge in [0.05, 0.1) is 6.04 Å². The molecule has 112 valence electrons. The number of hydrogen-bond acceptors (Lipinski definition) is 5. The summed E-state index contributed by atoms with van der Waals surface area (Å²) in [6.45, 7) is 3.68. The maximum atomic E-state index is 12.3. The minimum Gasteiger partial charge on any atom is -0.417 e. The number of carbonyl (C=O) groups excluding carboxylic acids is 1. The van der Waals surface area contributed by atoms with Crippen LogP contribution in [0.1, 0.15) is 38.6 Å². The van der Waals surface area contributed by atoms with E-state index in [0.717, 1.165) is 16.0 Å². The number of nitrogens with zero attached hydrogens (tertiary/aromatic N) is 2. The van der Waals surface area contributed by atoms with Crippen molar-refractivity contribution in [2.45, 2.75) is 19.9 Å². The number of benzene rings is 1. The number of rotatable bonds is 4. The summed E-state index contributed by atoms with van der Waals surface area (Å²) in [5.74, 6) is -0.0244. The normalized spacial score (nSPS) is 12.1. The molecule has 5 nitrogen and oxygen atoms in total. The smallest absolute Gasteiger partial charge is 0.309 e. The lowest BCUT2D eigenvalue weighted by molar-refractivity contribution is 0.0907. The van der Waals surface area contributed by atoms with Crippen molar-refractivity contribution >= 4 is 17.2 Å². The van der Waals surface area contributed by atoms with Crippen LogP contribution in [0.5, 0.6) is 0 Å². The van der Waals surface area contributed by atoms with Crippen molar-refractivity contribution in [2.24, 2.45) is 0 Å². The van der Waals surface area contributed by atoms with Gasteiger partial charge in [-0.2, -0.15) is 0 Å². The van der Waals surface area contributed by atoms with Gasteiger partial charge in [-0.25, -0.2) is 0 Å². The van der Waals surface area contributed by atoms with Crippen molar-refractivity contribution in [3.8, 4) is 0 Å². The summed E-state index contributed by atoms with van der Waals surface area (Å²) in [7, 11) is 0. The van der Waals surface area contributed by atoms with Crippen molar-refractivity contribution in [3.05, 3.63) is 69.6 Å². The first-order chi connectivity index (χ1) is 10.6. The molecule has 1 N–H and O–H groups in total. The Labute approximate surface area is 132 Å². The molecule has 1 aromatic carbocycles. The predicted molar refractivity (Wildman–Crippen MR) is 83.8 cm³/mol. The highest BCUT2D eigenvalue weighted by Gasteiger charge is 2.22. The van der Waals surface area contributed by atoms with Gasteiger partial charge < -0.3 is 9.73 Å². The molecule has 0 saturated heterocycles. The highest BCUT2D eigenvalue weighted by atomic mass is 32.1. The van der Waals surface area contributed by atoms with Crippen molar-refractivity contribution in [3.63, 3.8) is 0 Å². The molecule has 3 aromatic rings. The monoisotopic (exact) mass is 313 g/mol. The van der Waals surface area contributed by atoms with Gasteiger partial charge in [-0.05, 0) is 29.5 Å². The summed E-state index contributed by atoms with van der Waals surface area (Å²) in [5, 5.41) is 12.4. The van der Waals surface area contributed by atoms with Crippen LogP contribution in [0.15, 0.2) is 46.2 Å².